The van der Waals surface area contributed by atoms with Crippen LogP contribution in [0.5, 0.6) is 5.75 Å². The van der Waals surface area contributed by atoms with Crippen molar-refractivity contribution in [2.45, 2.75) is 32.0 Å². The first kappa shape index (κ1) is 26.5. The lowest BCUT2D eigenvalue weighted by Gasteiger charge is -2.26. The topological polar surface area (TPSA) is 91.8 Å². The molecule has 0 fully saturated rings. The van der Waals surface area contributed by atoms with Crippen LogP contribution in [-0.2, 0) is 17.4 Å². The van der Waals surface area contributed by atoms with Crippen LogP contribution in [0.15, 0.2) is 60.9 Å². The van der Waals surface area contributed by atoms with Crippen LogP contribution in [0.25, 0.3) is 11.1 Å². The number of nitrogens with one attached hydrogen (secondary N) is 1. The molecule has 2 N–H and O–H groups in total. The SMILES string of the molecule is CCC(NC(=O)N(C)c1cccnc1)c1cc(C(F)(F)F)ccc1-c1cc(CC(=O)O)ccc1OC. The third-order valence-electron chi connectivity index (χ3n) is 5.71. The Labute approximate surface area is 206 Å². The summed E-state index contributed by atoms with van der Waals surface area (Å²) in [4.78, 5) is 29.5. The number of carbonyl (C=O) groups excluding carboxylic acids is 1. The zero-order chi connectivity index (χ0) is 26.5. The highest BCUT2D eigenvalue weighted by Crippen LogP contribution is 2.40. The minimum absolute atomic E-state index is 0.228. The van der Waals surface area contributed by atoms with Crippen molar-refractivity contribution in [1.29, 1.82) is 0 Å². The number of amides is 2. The Balaban J connectivity index is 2.11. The van der Waals surface area contributed by atoms with Crippen molar-refractivity contribution in [2.24, 2.45) is 0 Å². The third-order valence-corrected chi connectivity index (χ3v) is 5.71. The predicted molar refractivity (Wildman–Crippen MR) is 129 cm³/mol. The van der Waals surface area contributed by atoms with Crippen LogP contribution in [0, 0.1) is 0 Å². The molecule has 0 aliphatic heterocycles. The van der Waals surface area contributed by atoms with Gasteiger partial charge in [0.25, 0.3) is 0 Å². The molecule has 190 valence electrons. The summed E-state index contributed by atoms with van der Waals surface area (Å²) < 4.78 is 46.4. The Bertz CT molecular complexity index is 1230. The Morgan fingerprint density at radius 1 is 1.14 bits per heavy atom. The molecule has 1 unspecified atom stereocenters. The number of benzene rings is 2. The second-order valence-electron chi connectivity index (χ2n) is 8.09. The number of aliphatic carboxylic acids is 1. The third kappa shape index (κ3) is 6.12. The van der Waals surface area contributed by atoms with Crippen LogP contribution >= 0.6 is 0 Å². The number of carboxylic acids is 1. The Kier molecular flexibility index (Phi) is 8.18. The molecule has 0 aliphatic rings. The van der Waals surface area contributed by atoms with E-state index in [-0.39, 0.29) is 18.4 Å². The van der Waals surface area contributed by atoms with Crippen molar-refractivity contribution in [3.63, 3.8) is 0 Å². The van der Waals surface area contributed by atoms with Crippen LogP contribution < -0.4 is 15.0 Å². The largest absolute Gasteiger partial charge is 0.496 e. The van der Waals surface area contributed by atoms with Gasteiger partial charge in [0.1, 0.15) is 5.75 Å². The number of anilines is 1. The molecule has 0 spiro atoms. The van der Waals surface area contributed by atoms with Gasteiger partial charge >= 0.3 is 18.2 Å². The summed E-state index contributed by atoms with van der Waals surface area (Å²) in [6.07, 6.45) is -1.52. The van der Waals surface area contributed by atoms with Crippen molar-refractivity contribution in [2.75, 3.05) is 19.1 Å². The van der Waals surface area contributed by atoms with Gasteiger partial charge < -0.3 is 15.2 Å². The zero-order valence-electron chi connectivity index (χ0n) is 20.0. The van der Waals surface area contributed by atoms with E-state index in [4.69, 9.17) is 4.74 Å². The summed E-state index contributed by atoms with van der Waals surface area (Å²) in [5.74, 6) is -0.685. The number of nitrogens with zero attached hydrogens (tertiary/aromatic N) is 2. The second-order valence-corrected chi connectivity index (χ2v) is 8.09. The quantitative estimate of drug-likeness (QED) is 0.413. The van der Waals surface area contributed by atoms with E-state index in [9.17, 15) is 27.9 Å². The van der Waals surface area contributed by atoms with Crippen LogP contribution in [0.3, 0.4) is 0 Å². The highest BCUT2D eigenvalue weighted by Gasteiger charge is 2.32. The molecular formula is C26H26F3N3O4. The Morgan fingerprint density at radius 3 is 2.47 bits per heavy atom. The number of hydrogen-bond donors (Lipinski definition) is 2. The minimum atomic E-state index is -4.60. The lowest BCUT2D eigenvalue weighted by molar-refractivity contribution is -0.138. The van der Waals surface area contributed by atoms with E-state index in [0.717, 1.165) is 12.1 Å². The average molecular weight is 502 g/mol. The fourth-order valence-corrected chi connectivity index (χ4v) is 3.84. The second kappa shape index (κ2) is 11.1. The van der Waals surface area contributed by atoms with Gasteiger partial charge in [-0.15, -0.1) is 0 Å². The number of ether oxygens (including phenoxy) is 1. The van der Waals surface area contributed by atoms with E-state index >= 15 is 0 Å². The lowest BCUT2D eigenvalue weighted by Crippen LogP contribution is -2.39. The zero-order valence-corrected chi connectivity index (χ0v) is 20.0. The number of carboxylic acid groups (broad SMARTS) is 1. The van der Waals surface area contributed by atoms with Gasteiger partial charge in [-0.25, -0.2) is 4.79 Å². The standard InChI is InChI=1S/C26H26F3N3O4/c1-4-22(31-25(35)32(2)18-6-5-11-30-15-18)20-14-17(26(27,28)29)8-9-19(20)21-12-16(13-24(33)34)7-10-23(21)36-3/h5-12,14-15,22H,4,13H2,1-3H3,(H,31,35)(H,33,34). The van der Waals surface area contributed by atoms with E-state index in [0.29, 0.717) is 28.1 Å². The molecular weight excluding hydrogens is 475 g/mol. The summed E-state index contributed by atoms with van der Waals surface area (Å²) in [6, 6.07) is 10.1. The van der Waals surface area contributed by atoms with E-state index in [1.165, 1.54) is 31.3 Å². The first-order chi connectivity index (χ1) is 17.0. The molecule has 0 aliphatic carbocycles. The number of alkyl halides is 3. The summed E-state index contributed by atoms with van der Waals surface area (Å²) >= 11 is 0. The number of carbonyl (C=O) groups is 2. The van der Waals surface area contributed by atoms with Crippen LogP contribution in [0.2, 0.25) is 0 Å². The normalized spacial score (nSPS) is 12.1. The van der Waals surface area contributed by atoms with Gasteiger partial charge in [-0.2, -0.15) is 13.2 Å². The number of aromatic nitrogens is 1. The van der Waals surface area contributed by atoms with Gasteiger partial charge in [-0.1, -0.05) is 19.1 Å². The monoisotopic (exact) mass is 501 g/mol. The maximum absolute atomic E-state index is 13.6. The van der Waals surface area contributed by atoms with Crippen molar-refractivity contribution in [3.8, 4) is 16.9 Å². The van der Waals surface area contributed by atoms with E-state index in [2.05, 4.69) is 10.3 Å². The molecule has 0 saturated heterocycles. The van der Waals surface area contributed by atoms with Crippen molar-refractivity contribution in [1.82, 2.24) is 10.3 Å². The highest BCUT2D eigenvalue weighted by molar-refractivity contribution is 5.91. The smallest absolute Gasteiger partial charge is 0.416 e. The van der Waals surface area contributed by atoms with Gasteiger partial charge in [0.15, 0.2) is 0 Å². The van der Waals surface area contributed by atoms with Crippen molar-refractivity contribution < 1.29 is 32.6 Å². The number of urea groups is 1. The molecule has 10 heteroatoms. The van der Waals surface area contributed by atoms with Crippen molar-refractivity contribution >= 4 is 17.7 Å². The molecule has 7 nitrogen and oxygen atoms in total. The summed E-state index contributed by atoms with van der Waals surface area (Å²) in [5, 5.41) is 12.0. The Hall–Kier alpha value is -4.08. The van der Waals surface area contributed by atoms with E-state index < -0.39 is 29.8 Å². The maximum Gasteiger partial charge on any atom is 0.416 e. The van der Waals surface area contributed by atoms with Gasteiger partial charge in [0, 0.05) is 18.8 Å². The first-order valence-electron chi connectivity index (χ1n) is 11.1. The number of halogens is 3. The summed E-state index contributed by atoms with van der Waals surface area (Å²) in [5.41, 5.74) is 1.15. The predicted octanol–water partition coefficient (Wildman–Crippen LogP) is 5.70. The number of methoxy groups -OCH3 is 1. The van der Waals surface area contributed by atoms with Gasteiger partial charge in [-0.05, 0) is 59.5 Å². The molecule has 1 aromatic heterocycles. The molecule has 0 bridgehead atoms. The Morgan fingerprint density at radius 2 is 1.89 bits per heavy atom. The fraction of sp³-hybridized carbons (Fsp3) is 0.269. The summed E-state index contributed by atoms with van der Waals surface area (Å²) in [7, 11) is 2.95. The molecule has 3 rings (SSSR count). The molecule has 2 aromatic carbocycles. The molecule has 2 amide bonds. The average Bonchev–Trinajstić information content (AvgIpc) is 2.86. The maximum atomic E-state index is 13.6. The van der Waals surface area contributed by atoms with Crippen LogP contribution in [0.1, 0.15) is 36.1 Å². The highest BCUT2D eigenvalue weighted by atomic mass is 19.4. The molecule has 1 atom stereocenters. The van der Waals surface area contributed by atoms with Crippen molar-refractivity contribution in [3.05, 3.63) is 77.6 Å². The van der Waals surface area contributed by atoms with Gasteiger partial charge in [0.2, 0.25) is 0 Å². The lowest BCUT2D eigenvalue weighted by atomic mass is 9.90. The molecule has 1 heterocycles. The van der Waals surface area contributed by atoms with Crippen LogP contribution in [-0.4, -0.2) is 36.2 Å². The molecule has 0 radical (unpaired) electrons. The van der Waals surface area contributed by atoms with Crippen LogP contribution in [0.4, 0.5) is 23.7 Å². The molecule has 0 saturated carbocycles. The number of hydrogen-bond acceptors (Lipinski definition) is 4. The fourth-order valence-electron chi connectivity index (χ4n) is 3.84. The number of rotatable bonds is 8. The molecule has 36 heavy (non-hydrogen) atoms. The summed E-state index contributed by atoms with van der Waals surface area (Å²) in [6.45, 7) is 1.75. The minimum Gasteiger partial charge on any atom is -0.496 e. The van der Waals surface area contributed by atoms with E-state index in [1.54, 1.807) is 43.5 Å². The number of pyridine rings is 1. The van der Waals surface area contributed by atoms with E-state index in [1.807, 2.05) is 0 Å². The van der Waals surface area contributed by atoms with Gasteiger partial charge in [-0.3, -0.25) is 14.7 Å². The first-order valence-corrected chi connectivity index (χ1v) is 11.1. The van der Waals surface area contributed by atoms with Gasteiger partial charge in [0.05, 0.1) is 37.0 Å². The molecule has 3 aromatic rings.